The van der Waals surface area contributed by atoms with Crippen LogP contribution in [0.1, 0.15) is 44.7 Å². The highest BCUT2D eigenvalue weighted by atomic mass is 15.0. The molecule has 0 bridgehead atoms. The Morgan fingerprint density at radius 3 is 2.65 bits per heavy atom. The molecule has 3 rings (SSSR count). The van der Waals surface area contributed by atoms with Gasteiger partial charge in [-0.3, -0.25) is 0 Å². The van der Waals surface area contributed by atoms with Crippen LogP contribution < -0.4 is 5.32 Å². The molecule has 3 atom stereocenters. The minimum absolute atomic E-state index is 0.414. The fourth-order valence-corrected chi connectivity index (χ4v) is 3.16. The Morgan fingerprint density at radius 1 is 1.25 bits per heavy atom. The first-order valence-corrected chi connectivity index (χ1v) is 7.58. The van der Waals surface area contributed by atoms with Crippen molar-refractivity contribution in [1.29, 1.82) is 0 Å². The van der Waals surface area contributed by atoms with Crippen LogP contribution in [0.2, 0.25) is 0 Å². The van der Waals surface area contributed by atoms with E-state index < -0.39 is 0 Å². The number of nitrogens with zero attached hydrogens (tertiary/aromatic N) is 2. The molecular formula is C17H23N3. The third kappa shape index (κ3) is 2.78. The molecule has 0 saturated heterocycles. The summed E-state index contributed by atoms with van der Waals surface area (Å²) in [6, 6.07) is 9.84. The standard InChI is InChI=1S/C17H23N3/c1-13-4-3-5-17(13)19-14(2)15-6-8-16(9-7-15)20-11-10-18-12-20/h6-14,17,19H,3-5H2,1-2H3. The topological polar surface area (TPSA) is 29.9 Å². The third-order valence-electron chi connectivity index (χ3n) is 4.52. The van der Waals surface area contributed by atoms with Gasteiger partial charge in [0, 0.05) is 30.2 Å². The van der Waals surface area contributed by atoms with Crippen LogP contribution in [0.5, 0.6) is 0 Å². The van der Waals surface area contributed by atoms with Crippen molar-refractivity contribution >= 4 is 0 Å². The first-order valence-electron chi connectivity index (χ1n) is 7.58. The molecule has 3 heteroatoms. The van der Waals surface area contributed by atoms with E-state index >= 15 is 0 Å². The van der Waals surface area contributed by atoms with Crippen LogP contribution in [0.4, 0.5) is 0 Å². The van der Waals surface area contributed by atoms with Crippen molar-refractivity contribution in [3.8, 4) is 5.69 Å². The summed E-state index contributed by atoms with van der Waals surface area (Å²) in [5.74, 6) is 0.808. The number of rotatable bonds is 4. The first-order chi connectivity index (χ1) is 9.74. The maximum absolute atomic E-state index is 4.08. The highest BCUT2D eigenvalue weighted by Crippen LogP contribution is 2.27. The van der Waals surface area contributed by atoms with E-state index in [1.165, 1.54) is 24.8 Å². The van der Waals surface area contributed by atoms with Crippen molar-refractivity contribution < 1.29 is 0 Å². The van der Waals surface area contributed by atoms with E-state index in [1.807, 2.05) is 17.1 Å². The molecule has 3 unspecified atom stereocenters. The highest BCUT2D eigenvalue weighted by molar-refractivity contribution is 5.35. The largest absolute Gasteiger partial charge is 0.307 e. The lowest BCUT2D eigenvalue weighted by Crippen LogP contribution is -2.33. The smallest absolute Gasteiger partial charge is 0.0991 e. The number of benzene rings is 1. The second-order valence-corrected chi connectivity index (χ2v) is 5.96. The Balaban J connectivity index is 1.67. The molecule has 1 saturated carbocycles. The zero-order chi connectivity index (χ0) is 13.9. The van der Waals surface area contributed by atoms with Gasteiger partial charge in [-0.05, 0) is 43.4 Å². The molecular weight excluding hydrogens is 246 g/mol. The molecule has 1 N–H and O–H groups in total. The number of aromatic nitrogens is 2. The maximum atomic E-state index is 4.08. The maximum Gasteiger partial charge on any atom is 0.0991 e. The van der Waals surface area contributed by atoms with Crippen molar-refractivity contribution in [1.82, 2.24) is 14.9 Å². The molecule has 1 aliphatic rings. The number of nitrogens with one attached hydrogen (secondary N) is 1. The van der Waals surface area contributed by atoms with Gasteiger partial charge >= 0.3 is 0 Å². The van der Waals surface area contributed by atoms with Crippen LogP contribution in [0.25, 0.3) is 5.69 Å². The molecule has 1 aromatic heterocycles. The quantitative estimate of drug-likeness (QED) is 0.917. The van der Waals surface area contributed by atoms with Gasteiger partial charge in [0.2, 0.25) is 0 Å². The average Bonchev–Trinajstić information content (AvgIpc) is 3.12. The van der Waals surface area contributed by atoms with Crippen molar-refractivity contribution in [2.45, 2.75) is 45.2 Å². The van der Waals surface area contributed by atoms with E-state index in [9.17, 15) is 0 Å². The van der Waals surface area contributed by atoms with E-state index in [0.717, 1.165) is 11.6 Å². The highest BCUT2D eigenvalue weighted by Gasteiger charge is 2.24. The van der Waals surface area contributed by atoms with Gasteiger partial charge in [0.05, 0.1) is 6.33 Å². The third-order valence-corrected chi connectivity index (χ3v) is 4.52. The van der Waals surface area contributed by atoms with Crippen molar-refractivity contribution in [3.05, 3.63) is 48.5 Å². The summed E-state index contributed by atoms with van der Waals surface area (Å²) in [5.41, 5.74) is 2.51. The van der Waals surface area contributed by atoms with Gasteiger partial charge in [-0.15, -0.1) is 0 Å². The molecule has 1 fully saturated rings. The molecule has 0 amide bonds. The molecule has 1 heterocycles. The Hall–Kier alpha value is -1.61. The summed E-state index contributed by atoms with van der Waals surface area (Å²) in [5, 5.41) is 3.78. The second-order valence-electron chi connectivity index (χ2n) is 5.96. The molecule has 0 radical (unpaired) electrons. The van der Waals surface area contributed by atoms with Crippen molar-refractivity contribution in [2.75, 3.05) is 0 Å². The normalized spacial score (nSPS) is 23.9. The summed E-state index contributed by atoms with van der Waals surface area (Å²) in [6.45, 7) is 4.62. The predicted molar refractivity (Wildman–Crippen MR) is 81.9 cm³/mol. The SMILES string of the molecule is CC(NC1CCCC1C)c1ccc(-n2ccnc2)cc1. The monoisotopic (exact) mass is 269 g/mol. The van der Waals surface area contributed by atoms with Gasteiger partial charge in [0.15, 0.2) is 0 Å². The van der Waals surface area contributed by atoms with Crippen LogP contribution in [-0.4, -0.2) is 15.6 Å². The van der Waals surface area contributed by atoms with Crippen LogP contribution in [-0.2, 0) is 0 Å². The molecule has 3 nitrogen and oxygen atoms in total. The molecule has 0 aliphatic heterocycles. The second kappa shape index (κ2) is 5.80. The van der Waals surface area contributed by atoms with Gasteiger partial charge in [0.1, 0.15) is 0 Å². The Bertz CT molecular complexity index is 530. The van der Waals surface area contributed by atoms with E-state index in [4.69, 9.17) is 0 Å². The Morgan fingerprint density at radius 2 is 2.05 bits per heavy atom. The van der Waals surface area contributed by atoms with Gasteiger partial charge in [-0.25, -0.2) is 4.98 Å². The van der Waals surface area contributed by atoms with E-state index in [2.05, 4.69) is 48.4 Å². The summed E-state index contributed by atoms with van der Waals surface area (Å²) in [6.07, 6.45) is 9.65. The fraction of sp³-hybridized carbons (Fsp3) is 0.471. The van der Waals surface area contributed by atoms with Gasteiger partial charge in [0.25, 0.3) is 0 Å². The molecule has 1 aliphatic carbocycles. The zero-order valence-electron chi connectivity index (χ0n) is 12.3. The van der Waals surface area contributed by atoms with Crippen LogP contribution in [0.3, 0.4) is 0 Å². The fourth-order valence-electron chi connectivity index (χ4n) is 3.16. The minimum Gasteiger partial charge on any atom is -0.307 e. The lowest BCUT2D eigenvalue weighted by Gasteiger charge is -2.23. The first kappa shape index (κ1) is 13.4. The summed E-state index contributed by atoms with van der Waals surface area (Å²) in [4.78, 5) is 4.08. The predicted octanol–water partition coefficient (Wildman–Crippen LogP) is 3.71. The Labute approximate surface area is 121 Å². The van der Waals surface area contributed by atoms with E-state index in [0.29, 0.717) is 12.1 Å². The van der Waals surface area contributed by atoms with Gasteiger partial charge in [-0.1, -0.05) is 25.5 Å². The zero-order valence-corrected chi connectivity index (χ0v) is 12.3. The molecule has 2 aromatic rings. The van der Waals surface area contributed by atoms with Crippen LogP contribution >= 0.6 is 0 Å². The molecule has 1 aromatic carbocycles. The Kier molecular flexibility index (Phi) is 3.88. The van der Waals surface area contributed by atoms with Crippen molar-refractivity contribution in [2.24, 2.45) is 5.92 Å². The lowest BCUT2D eigenvalue weighted by molar-refractivity contribution is 0.388. The van der Waals surface area contributed by atoms with Crippen molar-refractivity contribution in [3.63, 3.8) is 0 Å². The molecule has 20 heavy (non-hydrogen) atoms. The molecule has 0 spiro atoms. The summed E-state index contributed by atoms with van der Waals surface area (Å²) < 4.78 is 2.03. The average molecular weight is 269 g/mol. The number of hydrogen-bond donors (Lipinski definition) is 1. The van der Waals surface area contributed by atoms with Crippen LogP contribution in [0.15, 0.2) is 43.0 Å². The lowest BCUT2D eigenvalue weighted by atomic mass is 10.0. The van der Waals surface area contributed by atoms with E-state index in [-0.39, 0.29) is 0 Å². The summed E-state index contributed by atoms with van der Waals surface area (Å²) in [7, 11) is 0. The summed E-state index contributed by atoms with van der Waals surface area (Å²) >= 11 is 0. The minimum atomic E-state index is 0.414. The van der Waals surface area contributed by atoms with Gasteiger partial charge in [-0.2, -0.15) is 0 Å². The number of imidazole rings is 1. The number of hydrogen-bond acceptors (Lipinski definition) is 2. The van der Waals surface area contributed by atoms with Crippen LogP contribution in [0, 0.1) is 5.92 Å². The van der Waals surface area contributed by atoms with Gasteiger partial charge < -0.3 is 9.88 Å². The van der Waals surface area contributed by atoms with E-state index in [1.54, 1.807) is 6.20 Å². The molecule has 106 valence electrons.